The van der Waals surface area contributed by atoms with Gasteiger partial charge < -0.3 is 4.90 Å². The fourth-order valence-electron chi connectivity index (χ4n) is 3.60. The Morgan fingerprint density at radius 3 is 2.73 bits per heavy atom. The summed E-state index contributed by atoms with van der Waals surface area (Å²) < 4.78 is 2.26. The predicted octanol–water partition coefficient (Wildman–Crippen LogP) is 5.38. The number of fused-ring (bicyclic) bond motifs is 2. The molecule has 1 aromatic heterocycles. The van der Waals surface area contributed by atoms with E-state index >= 15 is 0 Å². The summed E-state index contributed by atoms with van der Waals surface area (Å²) in [6.45, 7) is 9.13. The minimum Gasteiger partial charge on any atom is -0.331 e. The molecule has 4 rings (SSSR count). The van der Waals surface area contributed by atoms with Crippen molar-refractivity contribution in [3.8, 4) is 0 Å². The molecule has 0 aliphatic carbocycles. The smallest absolute Gasteiger partial charge is 0.212 e. The van der Waals surface area contributed by atoms with E-state index in [1.807, 2.05) is 17.8 Å². The number of aromatic nitrogens is 1. The van der Waals surface area contributed by atoms with Crippen LogP contribution >= 0.6 is 11.8 Å². The van der Waals surface area contributed by atoms with E-state index in [1.165, 1.54) is 43.3 Å². The monoisotopic (exact) mass is 359 g/mol. The van der Waals surface area contributed by atoms with E-state index < -0.39 is 0 Å². The van der Waals surface area contributed by atoms with Crippen molar-refractivity contribution >= 4 is 34.4 Å². The lowest BCUT2D eigenvalue weighted by Gasteiger charge is -2.18. The van der Waals surface area contributed by atoms with Crippen LogP contribution in [-0.4, -0.2) is 6.54 Å². The molecule has 0 fully saturated rings. The van der Waals surface area contributed by atoms with Gasteiger partial charge in [0.1, 0.15) is 7.05 Å². The molecule has 0 saturated carbocycles. The molecule has 2 nitrogen and oxygen atoms in total. The van der Waals surface area contributed by atoms with Crippen LogP contribution in [0.4, 0.5) is 5.69 Å². The molecule has 3 heteroatoms. The Kier molecular flexibility index (Phi) is 4.33. The van der Waals surface area contributed by atoms with Gasteiger partial charge in [-0.15, -0.1) is 6.58 Å². The van der Waals surface area contributed by atoms with Gasteiger partial charge in [0.05, 0.1) is 10.7 Å². The third kappa shape index (κ3) is 2.82. The minimum atomic E-state index is 0.812. The van der Waals surface area contributed by atoms with Crippen LogP contribution in [0.15, 0.2) is 71.1 Å². The number of para-hydroxylation sites is 1. The maximum absolute atomic E-state index is 3.96. The molecule has 0 saturated heterocycles. The normalized spacial score (nSPS) is 14.9. The van der Waals surface area contributed by atoms with Gasteiger partial charge >= 0.3 is 0 Å². The van der Waals surface area contributed by atoms with Crippen LogP contribution in [0.5, 0.6) is 0 Å². The zero-order chi connectivity index (χ0) is 18.3. The third-order valence-electron chi connectivity index (χ3n) is 4.86. The molecule has 0 amide bonds. The zero-order valence-corrected chi connectivity index (χ0v) is 16.3. The van der Waals surface area contributed by atoms with E-state index in [-0.39, 0.29) is 0 Å². The molecule has 0 atom stereocenters. The van der Waals surface area contributed by atoms with Crippen LogP contribution in [0.2, 0.25) is 0 Å². The van der Waals surface area contributed by atoms with Crippen LogP contribution in [0.25, 0.3) is 17.0 Å². The van der Waals surface area contributed by atoms with Crippen molar-refractivity contribution < 1.29 is 4.57 Å². The van der Waals surface area contributed by atoms with Crippen LogP contribution in [-0.2, 0) is 7.05 Å². The number of benzene rings is 2. The van der Waals surface area contributed by atoms with E-state index in [1.54, 1.807) is 0 Å². The molecular weight excluding hydrogens is 336 g/mol. The quantitative estimate of drug-likeness (QED) is 0.458. The largest absolute Gasteiger partial charge is 0.331 e. The highest BCUT2D eigenvalue weighted by Crippen LogP contribution is 2.48. The Morgan fingerprint density at radius 2 is 1.92 bits per heavy atom. The van der Waals surface area contributed by atoms with Crippen molar-refractivity contribution in [1.82, 2.24) is 0 Å². The summed E-state index contributed by atoms with van der Waals surface area (Å²) in [5.41, 5.74) is 6.37. The van der Waals surface area contributed by atoms with Gasteiger partial charge in [0.2, 0.25) is 11.2 Å². The fraction of sp³-hybridized carbons (Fsp3) is 0.174. The number of hydrogen-bond acceptors (Lipinski definition) is 2. The summed E-state index contributed by atoms with van der Waals surface area (Å²) >= 11 is 1.85. The Hall–Kier alpha value is -2.52. The molecular formula is C23H23N2S+. The van der Waals surface area contributed by atoms with Crippen molar-refractivity contribution in [2.75, 3.05) is 11.4 Å². The second kappa shape index (κ2) is 6.65. The second-order valence-electron chi connectivity index (χ2n) is 6.79. The van der Waals surface area contributed by atoms with Crippen molar-refractivity contribution in [3.63, 3.8) is 0 Å². The van der Waals surface area contributed by atoms with Gasteiger partial charge in [-0.3, -0.25) is 0 Å². The first-order chi connectivity index (χ1) is 12.6. The van der Waals surface area contributed by atoms with E-state index in [0.717, 1.165) is 6.54 Å². The molecule has 130 valence electrons. The van der Waals surface area contributed by atoms with Crippen molar-refractivity contribution in [1.29, 1.82) is 0 Å². The molecule has 2 heterocycles. The number of aryl methyl sites for hydroxylation is 3. The number of pyridine rings is 1. The molecule has 0 unspecified atom stereocenters. The second-order valence-corrected chi connectivity index (χ2v) is 7.82. The molecule has 0 spiro atoms. The minimum absolute atomic E-state index is 0.812. The fourth-order valence-corrected chi connectivity index (χ4v) is 4.77. The Morgan fingerprint density at radius 1 is 1.12 bits per heavy atom. The molecule has 0 bridgehead atoms. The lowest BCUT2D eigenvalue weighted by Crippen LogP contribution is -2.33. The molecule has 3 aromatic rings. The maximum atomic E-state index is 3.96. The number of thioether (sulfide) groups is 1. The molecule has 26 heavy (non-hydrogen) atoms. The maximum Gasteiger partial charge on any atom is 0.212 e. The van der Waals surface area contributed by atoms with Gasteiger partial charge in [-0.2, -0.15) is 4.57 Å². The highest BCUT2D eigenvalue weighted by Gasteiger charge is 2.27. The van der Waals surface area contributed by atoms with Crippen LogP contribution in [0, 0.1) is 13.8 Å². The Balaban J connectivity index is 1.83. The number of anilines is 1. The first-order valence-corrected chi connectivity index (χ1v) is 9.67. The van der Waals surface area contributed by atoms with Crippen LogP contribution < -0.4 is 9.47 Å². The summed E-state index contributed by atoms with van der Waals surface area (Å²) in [5, 5.41) is 2.51. The molecule has 2 aromatic carbocycles. The topological polar surface area (TPSA) is 7.12 Å². The van der Waals surface area contributed by atoms with Crippen LogP contribution in [0.1, 0.15) is 16.8 Å². The summed E-state index contributed by atoms with van der Waals surface area (Å²) in [7, 11) is 2.13. The average Bonchev–Trinajstić information content (AvgIpc) is 2.96. The highest BCUT2D eigenvalue weighted by molar-refractivity contribution is 8.04. The van der Waals surface area contributed by atoms with Gasteiger partial charge in [-0.1, -0.05) is 36.0 Å². The number of rotatable bonds is 3. The standard InChI is InChI=1S/C23H23N2S/c1-5-12-25-21-14-16(2)13-17(3)23(21)26-22(25)15-19-11-10-18-8-6-7-9-20(18)24(19)4/h5-11,13-15H,1,12H2,2-4H3/q+1. The van der Waals surface area contributed by atoms with E-state index in [4.69, 9.17) is 0 Å². The first kappa shape index (κ1) is 16.9. The zero-order valence-electron chi connectivity index (χ0n) is 15.5. The summed E-state index contributed by atoms with van der Waals surface area (Å²) in [6.07, 6.45) is 4.26. The summed E-state index contributed by atoms with van der Waals surface area (Å²) in [4.78, 5) is 3.72. The van der Waals surface area contributed by atoms with E-state index in [2.05, 4.69) is 91.5 Å². The molecule has 1 aliphatic rings. The van der Waals surface area contributed by atoms with E-state index in [9.17, 15) is 0 Å². The first-order valence-electron chi connectivity index (χ1n) is 8.85. The Labute approximate surface area is 159 Å². The number of nitrogens with zero attached hydrogens (tertiary/aromatic N) is 2. The van der Waals surface area contributed by atoms with E-state index in [0.29, 0.717) is 0 Å². The van der Waals surface area contributed by atoms with Gasteiger partial charge in [0.25, 0.3) is 0 Å². The Bertz CT molecular complexity index is 1050. The predicted molar refractivity (Wildman–Crippen MR) is 112 cm³/mol. The SMILES string of the molecule is C=CCN1/C(=C\c2ccc3ccccc3[n+]2C)Sc2c(C)cc(C)cc21. The highest BCUT2D eigenvalue weighted by atomic mass is 32.2. The third-order valence-corrected chi connectivity index (χ3v) is 6.15. The summed E-state index contributed by atoms with van der Waals surface area (Å²) in [5.74, 6) is 0. The molecule has 1 aliphatic heterocycles. The lowest BCUT2D eigenvalue weighted by atomic mass is 10.1. The van der Waals surface area contributed by atoms with Crippen molar-refractivity contribution in [3.05, 3.63) is 83.0 Å². The molecule has 0 radical (unpaired) electrons. The van der Waals surface area contributed by atoms with Gasteiger partial charge in [0.15, 0.2) is 0 Å². The van der Waals surface area contributed by atoms with Crippen molar-refractivity contribution in [2.45, 2.75) is 18.7 Å². The van der Waals surface area contributed by atoms with Crippen LogP contribution in [0.3, 0.4) is 0 Å². The average molecular weight is 360 g/mol. The molecule has 0 N–H and O–H groups in total. The van der Waals surface area contributed by atoms with Gasteiger partial charge in [-0.25, -0.2) is 0 Å². The van der Waals surface area contributed by atoms with Gasteiger partial charge in [0, 0.05) is 35.0 Å². The summed E-state index contributed by atoms with van der Waals surface area (Å²) in [6, 6.07) is 17.4. The van der Waals surface area contributed by atoms with Crippen molar-refractivity contribution in [2.24, 2.45) is 7.05 Å². The van der Waals surface area contributed by atoms with Gasteiger partial charge in [-0.05, 0) is 43.2 Å². The number of hydrogen-bond donors (Lipinski definition) is 0. The lowest BCUT2D eigenvalue weighted by molar-refractivity contribution is -0.646.